The van der Waals surface area contributed by atoms with Crippen molar-refractivity contribution in [3.05, 3.63) is 87.6 Å². The molecule has 0 aliphatic carbocycles. The molecule has 3 rings (SSSR count). The first kappa shape index (κ1) is 20.5. The highest BCUT2D eigenvalue weighted by Crippen LogP contribution is 2.23. The van der Waals surface area contributed by atoms with E-state index >= 15 is 0 Å². The van der Waals surface area contributed by atoms with Gasteiger partial charge in [0.15, 0.2) is 5.78 Å². The summed E-state index contributed by atoms with van der Waals surface area (Å²) in [6, 6.07) is 20.1. The Morgan fingerprint density at radius 3 is 2.39 bits per heavy atom. The molecular weight excluding hydrogens is 390 g/mol. The van der Waals surface area contributed by atoms with E-state index in [0.717, 1.165) is 15.3 Å². The topological polar surface area (TPSA) is 54.5 Å². The Morgan fingerprint density at radius 2 is 1.75 bits per heavy atom. The van der Waals surface area contributed by atoms with Gasteiger partial charge in [0, 0.05) is 28.4 Å². The molecule has 0 saturated heterocycles. The van der Waals surface area contributed by atoms with Gasteiger partial charge < -0.3 is 0 Å². The molecule has 0 bridgehead atoms. The second kappa shape index (κ2) is 8.82. The van der Waals surface area contributed by atoms with Gasteiger partial charge in [-0.1, -0.05) is 42.5 Å². The van der Waals surface area contributed by atoms with Gasteiger partial charge in [-0.15, -0.1) is 11.3 Å². The molecule has 146 valence electrons. The van der Waals surface area contributed by atoms with Crippen LogP contribution in [0, 0.1) is 6.92 Å². The molecule has 2 aromatic carbocycles. The van der Waals surface area contributed by atoms with Crippen LogP contribution < -0.4 is 0 Å². The lowest BCUT2D eigenvalue weighted by atomic mass is 10.1. The van der Waals surface area contributed by atoms with Crippen molar-refractivity contribution >= 4 is 27.1 Å². The van der Waals surface area contributed by atoms with E-state index in [2.05, 4.69) is 0 Å². The van der Waals surface area contributed by atoms with Crippen LogP contribution in [-0.4, -0.2) is 25.1 Å². The van der Waals surface area contributed by atoms with Gasteiger partial charge in [-0.2, -0.15) is 4.31 Å². The first-order chi connectivity index (χ1) is 13.4. The number of ketones is 1. The number of carbonyl (C=O) groups excluding carboxylic acids is 1. The van der Waals surface area contributed by atoms with E-state index in [1.165, 1.54) is 17.3 Å². The number of aryl methyl sites for hydroxylation is 1. The largest absolute Gasteiger partial charge is 0.295 e. The number of Topliss-reactive ketones (excluding diaryl/α,β-unsaturated/α-hetero) is 1. The fourth-order valence-electron chi connectivity index (χ4n) is 2.95. The zero-order valence-corrected chi connectivity index (χ0v) is 17.6. The van der Waals surface area contributed by atoms with Crippen molar-refractivity contribution in [3.8, 4) is 0 Å². The Kier molecular flexibility index (Phi) is 6.44. The van der Waals surface area contributed by atoms with Crippen molar-refractivity contribution in [2.24, 2.45) is 0 Å². The second-order valence-electron chi connectivity index (χ2n) is 6.67. The van der Waals surface area contributed by atoms with Crippen LogP contribution in [0.15, 0.2) is 71.6 Å². The Hall–Kier alpha value is -2.28. The number of nitrogens with zero attached hydrogens (tertiary/aromatic N) is 1. The van der Waals surface area contributed by atoms with Gasteiger partial charge in [0.05, 0.1) is 4.90 Å². The molecule has 0 N–H and O–H groups in total. The molecule has 1 aromatic heterocycles. The molecule has 0 aliphatic heterocycles. The first-order valence-electron chi connectivity index (χ1n) is 9.06. The molecule has 3 aromatic rings. The number of hydrogen-bond donors (Lipinski definition) is 0. The van der Waals surface area contributed by atoms with E-state index in [1.54, 1.807) is 29.5 Å². The molecule has 0 unspecified atom stereocenters. The van der Waals surface area contributed by atoms with Crippen LogP contribution in [0.25, 0.3) is 0 Å². The molecule has 0 saturated carbocycles. The van der Waals surface area contributed by atoms with E-state index in [4.69, 9.17) is 0 Å². The molecule has 28 heavy (non-hydrogen) atoms. The molecule has 0 amide bonds. The molecule has 0 fully saturated rings. The van der Waals surface area contributed by atoms with Crippen molar-refractivity contribution in [1.29, 1.82) is 0 Å². The minimum Gasteiger partial charge on any atom is -0.295 e. The van der Waals surface area contributed by atoms with E-state index < -0.39 is 10.0 Å². The van der Waals surface area contributed by atoms with Gasteiger partial charge in [0.25, 0.3) is 0 Å². The zero-order valence-electron chi connectivity index (χ0n) is 16.0. The summed E-state index contributed by atoms with van der Waals surface area (Å²) in [4.78, 5) is 14.0. The van der Waals surface area contributed by atoms with Crippen LogP contribution >= 0.6 is 11.3 Å². The fraction of sp³-hybridized carbons (Fsp3) is 0.227. The van der Waals surface area contributed by atoms with Crippen LogP contribution in [0.2, 0.25) is 0 Å². The highest BCUT2D eigenvalue weighted by molar-refractivity contribution is 7.89. The molecule has 0 atom stereocenters. The Balaban J connectivity index is 1.91. The van der Waals surface area contributed by atoms with Crippen molar-refractivity contribution in [2.45, 2.75) is 31.7 Å². The quantitative estimate of drug-likeness (QED) is 0.503. The smallest absolute Gasteiger partial charge is 0.243 e. The predicted molar refractivity (Wildman–Crippen MR) is 113 cm³/mol. The van der Waals surface area contributed by atoms with E-state index in [1.807, 2.05) is 49.4 Å². The summed E-state index contributed by atoms with van der Waals surface area (Å²) in [5, 5.41) is 0. The number of thiophene rings is 1. The van der Waals surface area contributed by atoms with E-state index in [0.29, 0.717) is 25.1 Å². The van der Waals surface area contributed by atoms with Gasteiger partial charge in [-0.25, -0.2) is 8.42 Å². The highest BCUT2D eigenvalue weighted by Gasteiger charge is 2.25. The molecule has 6 heteroatoms. The third-order valence-corrected chi connectivity index (χ3v) is 7.33. The van der Waals surface area contributed by atoms with Gasteiger partial charge in [0.2, 0.25) is 10.0 Å². The first-order valence-corrected chi connectivity index (χ1v) is 11.3. The Morgan fingerprint density at radius 1 is 1.00 bits per heavy atom. The molecular formula is C22H23NO3S2. The van der Waals surface area contributed by atoms with Crippen LogP contribution in [0.1, 0.15) is 32.6 Å². The summed E-state index contributed by atoms with van der Waals surface area (Å²) in [7, 11) is -3.73. The maximum atomic E-state index is 13.4. The van der Waals surface area contributed by atoms with Crippen molar-refractivity contribution < 1.29 is 13.2 Å². The van der Waals surface area contributed by atoms with Gasteiger partial charge in [-0.05, 0) is 50.1 Å². The van der Waals surface area contributed by atoms with Gasteiger partial charge in [-0.3, -0.25) is 4.79 Å². The summed E-state index contributed by atoms with van der Waals surface area (Å²) in [6.45, 7) is 4.13. The number of carbonyl (C=O) groups is 1. The van der Waals surface area contributed by atoms with Gasteiger partial charge >= 0.3 is 0 Å². The normalized spacial score (nSPS) is 11.7. The van der Waals surface area contributed by atoms with E-state index in [-0.39, 0.29) is 10.7 Å². The minimum absolute atomic E-state index is 0.151. The molecule has 0 spiro atoms. The maximum absolute atomic E-state index is 13.4. The van der Waals surface area contributed by atoms with Crippen LogP contribution in [0.3, 0.4) is 0 Å². The summed E-state index contributed by atoms with van der Waals surface area (Å²) >= 11 is 1.60. The molecule has 0 aliphatic rings. The average molecular weight is 414 g/mol. The third-order valence-electron chi connectivity index (χ3n) is 4.50. The lowest BCUT2D eigenvalue weighted by Gasteiger charge is -2.22. The summed E-state index contributed by atoms with van der Waals surface area (Å²) < 4.78 is 28.2. The van der Waals surface area contributed by atoms with Crippen LogP contribution in [0.4, 0.5) is 0 Å². The lowest BCUT2D eigenvalue weighted by Crippen LogP contribution is -2.32. The second-order valence-corrected chi connectivity index (χ2v) is 9.98. The maximum Gasteiger partial charge on any atom is 0.243 e. The number of sulfonamides is 1. The number of hydrogen-bond acceptors (Lipinski definition) is 4. The van der Waals surface area contributed by atoms with Crippen LogP contribution in [-0.2, 0) is 23.0 Å². The Labute approximate surface area is 170 Å². The van der Waals surface area contributed by atoms with Crippen molar-refractivity contribution in [1.82, 2.24) is 4.31 Å². The van der Waals surface area contributed by atoms with E-state index in [9.17, 15) is 13.2 Å². The van der Waals surface area contributed by atoms with Gasteiger partial charge in [0.1, 0.15) is 0 Å². The summed E-state index contributed by atoms with van der Waals surface area (Å²) in [6.07, 6.45) is 0.622. The van der Waals surface area contributed by atoms with Crippen molar-refractivity contribution in [2.75, 3.05) is 6.54 Å². The standard InChI is InChI=1S/C22H23NO3S2/c1-17-11-12-21(27-17)16-23(14-13-19-7-4-3-5-8-19)28(25,26)22-10-6-9-20(15-22)18(2)24/h3-12,15H,13-14,16H2,1-2H3. The zero-order chi connectivity index (χ0) is 20.1. The minimum atomic E-state index is -3.73. The number of rotatable bonds is 8. The SMILES string of the molecule is CC(=O)c1cccc(S(=O)(=O)N(CCc2ccccc2)Cc2ccc(C)s2)c1. The Bertz CT molecular complexity index is 1060. The summed E-state index contributed by atoms with van der Waals surface area (Å²) in [5.41, 5.74) is 1.48. The summed E-state index contributed by atoms with van der Waals surface area (Å²) in [5.74, 6) is -0.151. The average Bonchev–Trinajstić information content (AvgIpc) is 3.10. The van der Waals surface area contributed by atoms with Crippen LogP contribution in [0.5, 0.6) is 0 Å². The molecule has 1 heterocycles. The predicted octanol–water partition coefficient (Wildman–Crippen LogP) is 4.69. The highest BCUT2D eigenvalue weighted by atomic mass is 32.2. The third kappa shape index (κ3) is 4.95. The number of benzene rings is 2. The molecule has 4 nitrogen and oxygen atoms in total. The van der Waals surface area contributed by atoms with Crippen molar-refractivity contribution in [3.63, 3.8) is 0 Å². The molecule has 0 radical (unpaired) electrons. The fourth-order valence-corrected chi connectivity index (χ4v) is 5.40. The monoisotopic (exact) mass is 413 g/mol. The lowest BCUT2D eigenvalue weighted by molar-refractivity contribution is 0.101.